The normalized spacial score (nSPS) is 18.5. The van der Waals surface area contributed by atoms with Gasteiger partial charge in [-0.3, -0.25) is 9.78 Å². The number of hydrogen-bond donors (Lipinski definition) is 1. The van der Waals surface area contributed by atoms with Crippen molar-refractivity contribution in [3.05, 3.63) is 41.1 Å². The van der Waals surface area contributed by atoms with E-state index in [1.807, 2.05) is 7.05 Å². The number of likely N-dealkylation sites (tertiary alicyclic amines) is 1. The molecule has 1 aliphatic heterocycles. The Kier molecular flexibility index (Phi) is 4.94. The molecule has 2 aromatic rings. The lowest BCUT2D eigenvalue weighted by atomic mass is 9.93. The molecule has 2 heterocycles. The van der Waals surface area contributed by atoms with E-state index in [-0.39, 0.29) is 5.91 Å². The van der Waals surface area contributed by atoms with Crippen LogP contribution in [0.15, 0.2) is 24.3 Å². The van der Waals surface area contributed by atoms with Crippen LogP contribution in [0.5, 0.6) is 0 Å². The molecule has 1 aromatic heterocycles. The van der Waals surface area contributed by atoms with E-state index < -0.39 is 0 Å². The monoisotopic (exact) mass is 351 g/mol. The molecule has 1 N–H and O–H groups in total. The Bertz CT molecular complexity index is 804. The van der Waals surface area contributed by atoms with Crippen LogP contribution in [0, 0.1) is 12.8 Å². The Balaban J connectivity index is 1.59. The quantitative estimate of drug-likeness (QED) is 0.889. The summed E-state index contributed by atoms with van der Waals surface area (Å²) in [5.41, 5.74) is 4.11. The molecule has 0 atom stereocenters. The molecule has 0 radical (unpaired) electrons. The van der Waals surface area contributed by atoms with Gasteiger partial charge in [0.05, 0.1) is 11.1 Å². The predicted octanol–water partition coefficient (Wildman–Crippen LogP) is 3.88. The summed E-state index contributed by atoms with van der Waals surface area (Å²) in [6.07, 6.45) is 5.85. The number of carbonyl (C=O) groups excluding carboxylic acids is 1. The first kappa shape index (κ1) is 17.5. The van der Waals surface area contributed by atoms with Gasteiger partial charge in [-0.15, -0.1) is 0 Å². The molecule has 0 bridgehead atoms. The Hall–Kier alpha value is -1.94. The van der Waals surface area contributed by atoms with E-state index in [9.17, 15) is 4.79 Å². The molecule has 138 valence electrons. The van der Waals surface area contributed by atoms with Crippen LogP contribution >= 0.6 is 0 Å². The third-order valence-electron chi connectivity index (χ3n) is 5.91. The molecule has 1 saturated heterocycles. The van der Waals surface area contributed by atoms with Gasteiger partial charge >= 0.3 is 0 Å². The smallest absolute Gasteiger partial charge is 0.254 e. The summed E-state index contributed by atoms with van der Waals surface area (Å²) in [7, 11) is 2.01. The first-order valence-corrected chi connectivity index (χ1v) is 10.0. The SMILES string of the molecule is CNCCC1CCN(C(=O)c2cc(C3CC3)nc3ccc(C)cc23)CC1. The molecule has 4 rings (SSSR count). The fraction of sp³-hybridized carbons (Fsp3) is 0.545. The van der Waals surface area contributed by atoms with Crippen molar-refractivity contribution in [3.8, 4) is 0 Å². The predicted molar refractivity (Wildman–Crippen MR) is 106 cm³/mol. The van der Waals surface area contributed by atoms with Gasteiger partial charge in [0.25, 0.3) is 5.91 Å². The van der Waals surface area contributed by atoms with Crippen LogP contribution in [0.4, 0.5) is 0 Å². The van der Waals surface area contributed by atoms with E-state index in [2.05, 4.69) is 41.4 Å². The number of carbonyl (C=O) groups is 1. The van der Waals surface area contributed by atoms with Crippen LogP contribution < -0.4 is 5.32 Å². The van der Waals surface area contributed by atoms with E-state index in [1.165, 1.54) is 24.8 Å². The molecule has 4 nitrogen and oxygen atoms in total. The van der Waals surface area contributed by atoms with Gasteiger partial charge in [0.1, 0.15) is 0 Å². The fourth-order valence-corrected chi connectivity index (χ4v) is 4.07. The van der Waals surface area contributed by atoms with Crippen molar-refractivity contribution in [2.24, 2.45) is 5.92 Å². The number of fused-ring (bicyclic) bond motifs is 1. The van der Waals surface area contributed by atoms with Crippen molar-refractivity contribution in [3.63, 3.8) is 0 Å². The number of rotatable bonds is 5. The van der Waals surface area contributed by atoms with Gasteiger partial charge < -0.3 is 10.2 Å². The number of nitrogens with zero attached hydrogens (tertiary/aromatic N) is 2. The highest BCUT2D eigenvalue weighted by atomic mass is 16.2. The zero-order valence-electron chi connectivity index (χ0n) is 15.9. The standard InChI is InChI=1S/C22H29N3O/c1-15-3-6-20-18(13-15)19(14-21(24-20)17-4-5-17)22(26)25-11-8-16(9-12-25)7-10-23-2/h3,6,13-14,16-17,23H,4-5,7-12H2,1-2H3. The van der Waals surface area contributed by atoms with Crippen molar-refractivity contribution >= 4 is 16.8 Å². The second-order valence-electron chi connectivity index (χ2n) is 8.02. The Morgan fingerprint density at radius 2 is 1.96 bits per heavy atom. The summed E-state index contributed by atoms with van der Waals surface area (Å²) in [6.45, 7) is 4.90. The van der Waals surface area contributed by atoms with Gasteiger partial charge in [-0.1, -0.05) is 11.6 Å². The van der Waals surface area contributed by atoms with E-state index >= 15 is 0 Å². The molecule has 2 fully saturated rings. The van der Waals surface area contributed by atoms with Crippen LogP contribution in [0.25, 0.3) is 10.9 Å². The lowest BCUT2D eigenvalue weighted by Gasteiger charge is -2.32. The van der Waals surface area contributed by atoms with Crippen LogP contribution in [-0.2, 0) is 0 Å². The fourth-order valence-electron chi connectivity index (χ4n) is 4.07. The van der Waals surface area contributed by atoms with Crippen molar-refractivity contribution in [2.75, 3.05) is 26.7 Å². The molecular formula is C22H29N3O. The third kappa shape index (κ3) is 3.61. The maximum absolute atomic E-state index is 13.3. The third-order valence-corrected chi connectivity index (χ3v) is 5.91. The average Bonchev–Trinajstić information content (AvgIpc) is 3.51. The van der Waals surface area contributed by atoms with Crippen LogP contribution in [-0.4, -0.2) is 42.5 Å². The number of hydrogen-bond acceptors (Lipinski definition) is 3. The number of aryl methyl sites for hydroxylation is 1. The van der Waals surface area contributed by atoms with Crippen molar-refractivity contribution in [1.82, 2.24) is 15.2 Å². The summed E-state index contributed by atoms with van der Waals surface area (Å²) in [5, 5.41) is 4.25. The first-order chi connectivity index (χ1) is 12.7. The molecule has 0 spiro atoms. The second kappa shape index (κ2) is 7.36. The molecule has 2 aliphatic rings. The van der Waals surface area contributed by atoms with Crippen LogP contribution in [0.3, 0.4) is 0 Å². The summed E-state index contributed by atoms with van der Waals surface area (Å²) in [6, 6.07) is 8.35. The van der Waals surface area contributed by atoms with E-state index in [0.29, 0.717) is 5.92 Å². The minimum Gasteiger partial charge on any atom is -0.339 e. The minimum absolute atomic E-state index is 0.192. The van der Waals surface area contributed by atoms with Crippen LogP contribution in [0.2, 0.25) is 0 Å². The van der Waals surface area contributed by atoms with E-state index in [4.69, 9.17) is 4.98 Å². The van der Waals surface area contributed by atoms with Crippen molar-refractivity contribution in [1.29, 1.82) is 0 Å². The molecule has 1 aromatic carbocycles. The molecule has 1 amide bonds. The van der Waals surface area contributed by atoms with Gasteiger partial charge in [-0.25, -0.2) is 0 Å². The number of nitrogens with one attached hydrogen (secondary N) is 1. The summed E-state index contributed by atoms with van der Waals surface area (Å²) in [5.74, 6) is 1.49. The molecule has 0 unspecified atom stereocenters. The Labute approximate surface area is 156 Å². The zero-order chi connectivity index (χ0) is 18.1. The number of aromatic nitrogens is 1. The highest BCUT2D eigenvalue weighted by Crippen LogP contribution is 2.40. The topological polar surface area (TPSA) is 45.2 Å². The highest BCUT2D eigenvalue weighted by molar-refractivity contribution is 6.06. The first-order valence-electron chi connectivity index (χ1n) is 10.0. The van der Waals surface area contributed by atoms with Crippen LogP contribution in [0.1, 0.15) is 59.6 Å². The molecule has 4 heteroatoms. The molecular weight excluding hydrogens is 322 g/mol. The minimum atomic E-state index is 0.192. The number of amides is 1. The maximum atomic E-state index is 13.3. The second-order valence-corrected chi connectivity index (χ2v) is 8.02. The number of pyridine rings is 1. The van der Waals surface area contributed by atoms with Crippen molar-refractivity contribution < 1.29 is 4.79 Å². The van der Waals surface area contributed by atoms with E-state index in [1.54, 1.807) is 0 Å². The number of piperidine rings is 1. The highest BCUT2D eigenvalue weighted by Gasteiger charge is 2.29. The van der Waals surface area contributed by atoms with Gasteiger partial charge in [0.15, 0.2) is 0 Å². The molecule has 1 saturated carbocycles. The maximum Gasteiger partial charge on any atom is 0.254 e. The lowest BCUT2D eigenvalue weighted by molar-refractivity contribution is 0.0689. The summed E-state index contributed by atoms with van der Waals surface area (Å²) in [4.78, 5) is 20.2. The Morgan fingerprint density at radius 1 is 1.19 bits per heavy atom. The molecule has 26 heavy (non-hydrogen) atoms. The summed E-state index contributed by atoms with van der Waals surface area (Å²) >= 11 is 0. The van der Waals surface area contributed by atoms with E-state index in [0.717, 1.165) is 60.6 Å². The van der Waals surface area contributed by atoms with Gasteiger partial charge in [0, 0.05) is 30.1 Å². The zero-order valence-corrected chi connectivity index (χ0v) is 15.9. The number of benzene rings is 1. The molecule has 1 aliphatic carbocycles. The van der Waals surface area contributed by atoms with Crippen molar-refractivity contribution in [2.45, 2.75) is 44.9 Å². The Morgan fingerprint density at radius 3 is 2.65 bits per heavy atom. The van der Waals surface area contributed by atoms with Gasteiger partial charge in [0.2, 0.25) is 0 Å². The largest absolute Gasteiger partial charge is 0.339 e. The average molecular weight is 351 g/mol. The lowest BCUT2D eigenvalue weighted by Crippen LogP contribution is -2.39. The summed E-state index contributed by atoms with van der Waals surface area (Å²) < 4.78 is 0. The van der Waals surface area contributed by atoms with Gasteiger partial charge in [-0.2, -0.15) is 0 Å². The van der Waals surface area contributed by atoms with Gasteiger partial charge in [-0.05, 0) is 76.7 Å².